The molecule has 20 heavy (non-hydrogen) atoms. The van der Waals surface area contributed by atoms with Crippen LogP contribution in [0.3, 0.4) is 0 Å². The van der Waals surface area contributed by atoms with Gasteiger partial charge in [0.1, 0.15) is 0 Å². The van der Waals surface area contributed by atoms with Gasteiger partial charge < -0.3 is 14.8 Å². The van der Waals surface area contributed by atoms with Crippen molar-refractivity contribution in [3.05, 3.63) is 42.7 Å². The largest absolute Gasteiger partial charge is 0.393 e. The van der Waals surface area contributed by atoms with Crippen LogP contribution in [0.25, 0.3) is 11.4 Å². The van der Waals surface area contributed by atoms with Gasteiger partial charge in [0.25, 0.3) is 0 Å². The van der Waals surface area contributed by atoms with Crippen LogP contribution in [-0.4, -0.2) is 32.0 Å². The maximum Gasteiger partial charge on any atom is 0.0555 e. The number of imidazole rings is 1. The summed E-state index contributed by atoms with van der Waals surface area (Å²) in [6.45, 7) is 3.32. The molecule has 0 fully saturated rings. The van der Waals surface area contributed by atoms with Crippen LogP contribution >= 0.6 is 0 Å². The second-order valence-corrected chi connectivity index (χ2v) is 4.57. The Labute approximate surface area is 133 Å². The zero-order valence-corrected chi connectivity index (χ0v) is 14.3. The molecule has 1 aromatic heterocycles. The van der Waals surface area contributed by atoms with Crippen molar-refractivity contribution in [1.82, 2.24) is 9.55 Å². The van der Waals surface area contributed by atoms with Crippen molar-refractivity contribution in [3.8, 4) is 11.4 Å². The van der Waals surface area contributed by atoms with Crippen molar-refractivity contribution < 1.29 is 30.3 Å². The molecule has 0 aliphatic carbocycles. The van der Waals surface area contributed by atoms with Crippen LogP contribution < -0.4 is 0 Å². The van der Waals surface area contributed by atoms with E-state index in [1.54, 1.807) is 20.0 Å². The van der Waals surface area contributed by atoms with E-state index < -0.39 is 0 Å². The molecular weight excluding hydrogens is 432 g/mol. The van der Waals surface area contributed by atoms with E-state index in [1.807, 2.05) is 42.1 Å². The predicted octanol–water partition coefficient (Wildman–Crippen LogP) is 2.02. The van der Waals surface area contributed by atoms with Crippen molar-refractivity contribution in [1.29, 1.82) is 0 Å². The normalized spacial score (nSPS) is 12.7. The molecule has 5 heteroatoms. The number of benzene rings is 1. The van der Waals surface area contributed by atoms with Crippen LogP contribution in [0.1, 0.15) is 20.3 Å². The average molecular weight is 454 g/mol. The zero-order chi connectivity index (χ0) is 14.3. The Morgan fingerprint density at radius 3 is 2.25 bits per heavy atom. The summed E-state index contributed by atoms with van der Waals surface area (Å²) in [7, 11) is 1.98. The molecule has 0 saturated carbocycles. The van der Waals surface area contributed by atoms with Crippen molar-refractivity contribution >= 4 is 0 Å². The fourth-order valence-electron chi connectivity index (χ4n) is 1.65. The molecule has 2 N–H and O–H groups in total. The molecule has 2 aromatic rings. The molecule has 0 aliphatic heterocycles. The fraction of sp³-hybridized carbons (Fsp3) is 0.400. The average Bonchev–Trinajstić information content (AvgIpc) is 2.75. The third-order valence-electron chi connectivity index (χ3n) is 2.45. The van der Waals surface area contributed by atoms with Gasteiger partial charge in [0.05, 0.1) is 18.0 Å². The summed E-state index contributed by atoms with van der Waals surface area (Å²) in [6.07, 6.45) is 3.44. The third-order valence-corrected chi connectivity index (χ3v) is 2.45. The molecule has 0 spiro atoms. The monoisotopic (exact) mass is 454 g/mol. The summed E-state index contributed by atoms with van der Waals surface area (Å²) in [4.78, 5) is 4.22. The van der Waals surface area contributed by atoms with Crippen LogP contribution in [-0.2, 0) is 27.2 Å². The Hall–Kier alpha value is -1.00. The molecule has 1 radical (unpaired) electrons. The Bertz CT molecular complexity index is 464. The van der Waals surface area contributed by atoms with Gasteiger partial charge in [0, 0.05) is 39.5 Å². The van der Waals surface area contributed by atoms with Crippen LogP contribution in [0, 0.1) is 6.07 Å². The van der Waals surface area contributed by atoms with E-state index >= 15 is 0 Å². The molecular formula is C15H21IrN2O2-. The topological polar surface area (TPSA) is 58.3 Å². The van der Waals surface area contributed by atoms with Gasteiger partial charge in [-0.3, -0.25) is 4.98 Å². The number of rotatable bonds is 3. The van der Waals surface area contributed by atoms with Gasteiger partial charge in [-0.05, 0) is 20.3 Å². The van der Waals surface area contributed by atoms with E-state index in [9.17, 15) is 0 Å². The smallest absolute Gasteiger partial charge is 0.0555 e. The maximum atomic E-state index is 8.56. The van der Waals surface area contributed by atoms with Crippen molar-refractivity contribution in [2.24, 2.45) is 7.05 Å². The van der Waals surface area contributed by atoms with Gasteiger partial charge in [0.2, 0.25) is 0 Å². The molecule has 1 aromatic carbocycles. The van der Waals surface area contributed by atoms with E-state index in [1.165, 1.54) is 0 Å². The molecule has 113 valence electrons. The minimum atomic E-state index is -0.375. The van der Waals surface area contributed by atoms with Crippen LogP contribution in [0.5, 0.6) is 0 Å². The first kappa shape index (κ1) is 19.0. The molecule has 0 aliphatic rings. The van der Waals surface area contributed by atoms with Crippen LogP contribution in [0.4, 0.5) is 0 Å². The summed E-state index contributed by atoms with van der Waals surface area (Å²) >= 11 is 0. The minimum Gasteiger partial charge on any atom is -0.393 e. The first-order chi connectivity index (χ1) is 9.00. The Balaban J connectivity index is 0.000000396. The first-order valence-corrected chi connectivity index (χ1v) is 6.31. The minimum absolute atomic E-state index is 0. The Kier molecular flexibility index (Phi) is 9.34. The van der Waals surface area contributed by atoms with Gasteiger partial charge in [0.15, 0.2) is 0 Å². The number of hydrogen-bond acceptors (Lipinski definition) is 3. The van der Waals surface area contributed by atoms with E-state index in [-0.39, 0.29) is 32.3 Å². The van der Waals surface area contributed by atoms with Crippen molar-refractivity contribution in [2.75, 3.05) is 0 Å². The van der Waals surface area contributed by atoms with Gasteiger partial charge >= 0.3 is 0 Å². The Morgan fingerprint density at radius 2 is 1.90 bits per heavy atom. The van der Waals surface area contributed by atoms with Gasteiger partial charge in [-0.25, -0.2) is 0 Å². The quantitative estimate of drug-likeness (QED) is 0.700. The van der Waals surface area contributed by atoms with Crippen molar-refractivity contribution in [3.63, 3.8) is 0 Å². The zero-order valence-electron chi connectivity index (χ0n) is 11.9. The molecule has 4 nitrogen and oxygen atoms in total. The van der Waals surface area contributed by atoms with Crippen LogP contribution in [0.15, 0.2) is 36.7 Å². The predicted molar refractivity (Wildman–Crippen MR) is 75.5 cm³/mol. The molecule has 0 saturated heterocycles. The molecule has 2 atom stereocenters. The fourth-order valence-corrected chi connectivity index (χ4v) is 1.65. The van der Waals surface area contributed by atoms with Crippen molar-refractivity contribution in [2.45, 2.75) is 32.5 Å². The van der Waals surface area contributed by atoms with Gasteiger partial charge in [-0.2, -0.15) is 0 Å². The number of aromatic nitrogens is 2. The maximum absolute atomic E-state index is 8.56. The SMILES string of the molecule is CC(O)CC(C)O.Cn1ccnc1-c1[c-]cccc1.[Ir]. The van der Waals surface area contributed by atoms with E-state index in [0.717, 1.165) is 11.4 Å². The van der Waals surface area contributed by atoms with E-state index in [0.29, 0.717) is 6.42 Å². The molecule has 0 bridgehead atoms. The second-order valence-electron chi connectivity index (χ2n) is 4.57. The standard InChI is InChI=1S/C10H9N2.C5H12O2.Ir/c1-12-8-7-11-10(12)9-5-3-2-4-6-9;1-4(6)3-5(2)7;/h2-5,7-8H,1H3;4-7H,3H2,1-2H3;/q-1;;. The summed E-state index contributed by atoms with van der Waals surface area (Å²) in [5, 5.41) is 17.1. The number of hydrogen-bond donors (Lipinski definition) is 2. The Morgan fingerprint density at radius 1 is 1.25 bits per heavy atom. The first-order valence-electron chi connectivity index (χ1n) is 6.31. The van der Waals surface area contributed by atoms with E-state index in [4.69, 9.17) is 10.2 Å². The number of aliphatic hydroxyl groups is 2. The molecule has 1 heterocycles. The van der Waals surface area contributed by atoms with Gasteiger partial charge in [-0.1, -0.05) is 0 Å². The summed E-state index contributed by atoms with van der Waals surface area (Å²) < 4.78 is 1.98. The summed E-state index contributed by atoms with van der Waals surface area (Å²) in [5.74, 6) is 0.954. The number of nitrogens with zero attached hydrogens (tertiary/aromatic N) is 2. The van der Waals surface area contributed by atoms with Gasteiger partial charge in [-0.15, -0.1) is 35.9 Å². The number of aliphatic hydroxyl groups excluding tert-OH is 2. The van der Waals surface area contributed by atoms with E-state index in [2.05, 4.69) is 11.1 Å². The molecule has 0 amide bonds. The van der Waals surface area contributed by atoms with Crippen LogP contribution in [0.2, 0.25) is 0 Å². The number of aryl methyl sites for hydroxylation is 1. The molecule has 2 rings (SSSR count). The summed E-state index contributed by atoms with van der Waals surface area (Å²) in [5.41, 5.74) is 1.03. The third kappa shape index (κ3) is 6.96. The molecule has 2 unspecified atom stereocenters. The second kappa shape index (κ2) is 9.83. The summed E-state index contributed by atoms with van der Waals surface area (Å²) in [6, 6.07) is 11.0.